The van der Waals surface area contributed by atoms with Crippen LogP contribution in [0.5, 0.6) is 0 Å². The summed E-state index contributed by atoms with van der Waals surface area (Å²) in [6.45, 7) is 10.4. The molecule has 3 heteroatoms. The first kappa shape index (κ1) is 13.3. The van der Waals surface area contributed by atoms with Crippen molar-refractivity contribution in [2.75, 3.05) is 25.4 Å². The van der Waals surface area contributed by atoms with Gasteiger partial charge in [-0.15, -0.1) is 0 Å². The minimum Gasteiger partial charge on any atom is -0.327 e. The normalized spacial score (nSPS) is 24.8. The molecule has 1 unspecified atom stereocenters. The van der Waals surface area contributed by atoms with Crippen LogP contribution in [0.15, 0.2) is 0 Å². The van der Waals surface area contributed by atoms with E-state index in [-0.39, 0.29) is 0 Å². The van der Waals surface area contributed by atoms with Gasteiger partial charge in [-0.2, -0.15) is 11.8 Å². The largest absolute Gasteiger partial charge is 0.327 e. The Kier molecular flexibility index (Phi) is 5.44. The van der Waals surface area contributed by atoms with Gasteiger partial charge in [-0.25, -0.2) is 0 Å². The van der Waals surface area contributed by atoms with Crippen LogP contribution in [0, 0.1) is 0 Å². The molecule has 1 aliphatic heterocycles. The lowest BCUT2D eigenvalue weighted by atomic mass is 10.1. The molecule has 0 bridgehead atoms. The van der Waals surface area contributed by atoms with Gasteiger partial charge in [-0.3, -0.25) is 0 Å². The molecule has 1 heterocycles. The Morgan fingerprint density at radius 2 is 2.13 bits per heavy atom. The van der Waals surface area contributed by atoms with E-state index in [1.807, 2.05) is 0 Å². The first-order valence-electron chi connectivity index (χ1n) is 6.15. The second-order valence-electron chi connectivity index (χ2n) is 5.21. The molecular weight excluding hydrogens is 204 g/mol. The summed E-state index contributed by atoms with van der Waals surface area (Å²) in [7, 11) is 0. The van der Waals surface area contributed by atoms with Gasteiger partial charge >= 0.3 is 0 Å². The van der Waals surface area contributed by atoms with Gasteiger partial charge < -0.3 is 10.6 Å². The minimum absolute atomic E-state index is 0.376. The molecule has 0 spiro atoms. The van der Waals surface area contributed by atoms with E-state index < -0.39 is 0 Å². The molecule has 1 rings (SSSR count). The van der Waals surface area contributed by atoms with E-state index in [2.05, 4.69) is 37.4 Å². The summed E-state index contributed by atoms with van der Waals surface area (Å²) >= 11 is 2.10. The third-order valence-corrected chi connectivity index (χ3v) is 4.45. The molecule has 1 aliphatic rings. The van der Waals surface area contributed by atoms with Crippen molar-refractivity contribution >= 4 is 11.8 Å². The third kappa shape index (κ3) is 5.23. The molecule has 0 radical (unpaired) electrons. The van der Waals surface area contributed by atoms with Gasteiger partial charge in [-0.1, -0.05) is 27.2 Å². The van der Waals surface area contributed by atoms with E-state index in [1.54, 1.807) is 0 Å². The van der Waals surface area contributed by atoms with Crippen LogP contribution in [0.3, 0.4) is 0 Å². The van der Waals surface area contributed by atoms with E-state index >= 15 is 0 Å². The second kappa shape index (κ2) is 6.12. The van der Waals surface area contributed by atoms with Crippen LogP contribution in [-0.4, -0.2) is 41.1 Å². The first-order chi connectivity index (χ1) is 7.03. The summed E-state index contributed by atoms with van der Waals surface area (Å²) in [4.78, 5) is 2.54. The molecule has 0 saturated carbocycles. The van der Waals surface area contributed by atoms with Crippen molar-refractivity contribution in [1.29, 1.82) is 0 Å². The Hall–Kier alpha value is 0.270. The Bertz CT molecular complexity index is 182. The highest BCUT2D eigenvalue weighted by atomic mass is 32.2. The summed E-state index contributed by atoms with van der Waals surface area (Å²) in [5, 5.41) is 0. The molecule has 0 aromatic carbocycles. The smallest absolute Gasteiger partial charge is 0.0167 e. The van der Waals surface area contributed by atoms with E-state index in [1.165, 1.54) is 31.7 Å². The predicted octanol–water partition coefficient (Wildman–Crippen LogP) is 2.33. The predicted molar refractivity (Wildman–Crippen MR) is 70.5 cm³/mol. The van der Waals surface area contributed by atoms with Gasteiger partial charge in [0.25, 0.3) is 0 Å². The number of thioether (sulfide) groups is 1. The molecule has 1 fully saturated rings. The highest BCUT2D eigenvalue weighted by Gasteiger charge is 2.23. The second-order valence-corrected chi connectivity index (χ2v) is 7.01. The van der Waals surface area contributed by atoms with Crippen molar-refractivity contribution in [1.82, 2.24) is 4.90 Å². The Morgan fingerprint density at radius 1 is 1.40 bits per heavy atom. The van der Waals surface area contributed by atoms with Gasteiger partial charge in [0, 0.05) is 29.6 Å². The summed E-state index contributed by atoms with van der Waals surface area (Å²) in [6, 6.07) is 0.376. The summed E-state index contributed by atoms with van der Waals surface area (Å²) in [6.07, 6.45) is 3.65. The molecule has 0 amide bonds. The standard InChI is InChI=1S/C12H26N2S/c1-4-5-11(13)10-14-7-6-12(2,3)15-9-8-14/h11H,4-10,13H2,1-3H3. The Morgan fingerprint density at radius 3 is 2.80 bits per heavy atom. The third-order valence-electron chi connectivity index (χ3n) is 3.08. The number of nitrogens with two attached hydrogens (primary N) is 1. The van der Waals surface area contributed by atoms with E-state index in [9.17, 15) is 0 Å². The molecule has 90 valence electrons. The van der Waals surface area contributed by atoms with Gasteiger partial charge in [0.1, 0.15) is 0 Å². The van der Waals surface area contributed by atoms with E-state index in [0.29, 0.717) is 10.8 Å². The van der Waals surface area contributed by atoms with Crippen molar-refractivity contribution in [3.8, 4) is 0 Å². The minimum atomic E-state index is 0.376. The quantitative estimate of drug-likeness (QED) is 0.804. The average molecular weight is 230 g/mol. The zero-order valence-electron chi connectivity index (χ0n) is 10.5. The van der Waals surface area contributed by atoms with Crippen LogP contribution < -0.4 is 5.73 Å². The van der Waals surface area contributed by atoms with Crippen LogP contribution in [0.2, 0.25) is 0 Å². The molecule has 0 aromatic rings. The van der Waals surface area contributed by atoms with Crippen molar-refractivity contribution in [3.63, 3.8) is 0 Å². The van der Waals surface area contributed by atoms with E-state index in [0.717, 1.165) is 13.0 Å². The van der Waals surface area contributed by atoms with Crippen molar-refractivity contribution in [2.45, 2.75) is 50.8 Å². The lowest BCUT2D eigenvalue weighted by molar-refractivity contribution is 0.261. The molecule has 0 aromatic heterocycles. The maximum absolute atomic E-state index is 6.09. The van der Waals surface area contributed by atoms with Crippen LogP contribution in [0.1, 0.15) is 40.0 Å². The van der Waals surface area contributed by atoms with Gasteiger partial charge in [0.05, 0.1) is 0 Å². The number of hydrogen-bond donors (Lipinski definition) is 1. The van der Waals surface area contributed by atoms with Crippen LogP contribution in [0.25, 0.3) is 0 Å². The fraction of sp³-hybridized carbons (Fsp3) is 1.00. The Balaban J connectivity index is 2.31. The van der Waals surface area contributed by atoms with Gasteiger partial charge in [0.2, 0.25) is 0 Å². The monoisotopic (exact) mass is 230 g/mol. The molecule has 1 atom stereocenters. The molecule has 2 N–H and O–H groups in total. The molecule has 1 saturated heterocycles. The lowest BCUT2D eigenvalue weighted by Gasteiger charge is -2.24. The van der Waals surface area contributed by atoms with Crippen molar-refractivity contribution < 1.29 is 0 Å². The highest BCUT2D eigenvalue weighted by molar-refractivity contribution is 8.00. The molecule has 2 nitrogen and oxygen atoms in total. The first-order valence-corrected chi connectivity index (χ1v) is 7.14. The number of hydrogen-bond acceptors (Lipinski definition) is 3. The van der Waals surface area contributed by atoms with Gasteiger partial charge in [0.15, 0.2) is 0 Å². The maximum atomic E-state index is 6.09. The van der Waals surface area contributed by atoms with Crippen LogP contribution >= 0.6 is 11.8 Å². The molecule has 15 heavy (non-hydrogen) atoms. The van der Waals surface area contributed by atoms with Crippen molar-refractivity contribution in [2.24, 2.45) is 5.73 Å². The highest BCUT2D eigenvalue weighted by Crippen LogP contribution is 2.30. The maximum Gasteiger partial charge on any atom is 0.0167 e. The zero-order valence-corrected chi connectivity index (χ0v) is 11.3. The zero-order chi connectivity index (χ0) is 11.3. The number of rotatable bonds is 4. The fourth-order valence-corrected chi connectivity index (χ4v) is 3.18. The van der Waals surface area contributed by atoms with Crippen LogP contribution in [-0.2, 0) is 0 Å². The van der Waals surface area contributed by atoms with E-state index in [4.69, 9.17) is 5.73 Å². The SMILES string of the molecule is CCCC(N)CN1CCSC(C)(C)CC1. The van der Waals surface area contributed by atoms with Gasteiger partial charge in [-0.05, 0) is 19.4 Å². The summed E-state index contributed by atoms with van der Waals surface area (Å²) < 4.78 is 0.462. The van der Waals surface area contributed by atoms with Crippen LogP contribution in [0.4, 0.5) is 0 Å². The average Bonchev–Trinajstić information content (AvgIpc) is 2.28. The lowest BCUT2D eigenvalue weighted by Crippen LogP contribution is -2.38. The summed E-state index contributed by atoms with van der Waals surface area (Å²) in [5.41, 5.74) is 6.09. The molecule has 0 aliphatic carbocycles. The Labute approximate surface area is 99.0 Å². The molecular formula is C12H26N2S. The number of nitrogens with zero attached hydrogens (tertiary/aromatic N) is 1. The summed E-state index contributed by atoms with van der Waals surface area (Å²) in [5.74, 6) is 1.26. The topological polar surface area (TPSA) is 29.3 Å². The van der Waals surface area contributed by atoms with Crippen molar-refractivity contribution in [3.05, 3.63) is 0 Å². The fourth-order valence-electron chi connectivity index (χ4n) is 2.04.